The molecule has 5 nitrogen and oxygen atoms in total. The number of carbonyl (C=O) groups is 1. The molecule has 158 valence electrons. The molecule has 0 bridgehead atoms. The van der Waals surface area contributed by atoms with Crippen LogP contribution in [0, 0.1) is 6.92 Å². The van der Waals surface area contributed by atoms with E-state index in [0.29, 0.717) is 35.3 Å². The number of benzene rings is 2. The molecule has 3 unspecified atom stereocenters. The number of hydrogen-bond donors (Lipinski definition) is 0. The Morgan fingerprint density at radius 2 is 1.67 bits per heavy atom. The molecule has 2 aromatic carbocycles. The standard InChI is InChI=1S/C22H28ClO5P.Li/c1-6-25-15(4)27-17-11-12-20(19(13-17)28-16(5)26-7-2)29-22(24)21-14(3)9-8-10-18(21)23;/h8-13,15-16,29H,6-7H2,1-5H3;/q;+1. The quantitative estimate of drug-likeness (QED) is 0.302. The fourth-order valence-corrected chi connectivity index (χ4v) is 4.30. The first kappa shape index (κ1) is 27.0. The molecule has 0 amide bonds. The summed E-state index contributed by atoms with van der Waals surface area (Å²) in [5, 5.41) is 1.22. The molecule has 0 spiro atoms. The van der Waals surface area contributed by atoms with E-state index in [-0.39, 0.29) is 33.0 Å². The topological polar surface area (TPSA) is 54.0 Å². The smallest absolute Gasteiger partial charge is 0.465 e. The fraction of sp³-hybridized carbons (Fsp3) is 0.409. The normalized spacial score (nSPS) is 13.0. The Hall–Kier alpha value is -1.05. The van der Waals surface area contributed by atoms with Crippen molar-refractivity contribution in [2.75, 3.05) is 13.2 Å². The van der Waals surface area contributed by atoms with E-state index >= 15 is 0 Å². The second-order valence-corrected chi connectivity index (χ2v) is 7.98. The Balaban J connectivity index is 0.00000450. The van der Waals surface area contributed by atoms with Gasteiger partial charge >= 0.3 is 18.9 Å². The van der Waals surface area contributed by atoms with Gasteiger partial charge in [0.1, 0.15) is 11.5 Å². The average molecular weight is 446 g/mol. The van der Waals surface area contributed by atoms with Crippen molar-refractivity contribution >= 4 is 31.0 Å². The summed E-state index contributed by atoms with van der Waals surface area (Å²) >= 11 is 6.27. The van der Waals surface area contributed by atoms with Crippen molar-refractivity contribution in [2.45, 2.75) is 47.2 Å². The third-order valence-electron chi connectivity index (χ3n) is 4.05. The van der Waals surface area contributed by atoms with E-state index in [2.05, 4.69) is 0 Å². The molecule has 0 aliphatic rings. The summed E-state index contributed by atoms with van der Waals surface area (Å²) in [7, 11) is -0.149. The Labute approximate surface area is 197 Å². The van der Waals surface area contributed by atoms with Gasteiger partial charge in [0, 0.05) is 30.1 Å². The largest absolute Gasteiger partial charge is 1.00 e. The number of ether oxygens (including phenoxy) is 4. The second kappa shape index (κ2) is 13.4. The minimum absolute atomic E-state index is 0. The molecule has 30 heavy (non-hydrogen) atoms. The summed E-state index contributed by atoms with van der Waals surface area (Å²) in [5.74, 6) is 1.14. The summed E-state index contributed by atoms with van der Waals surface area (Å²) in [6, 6.07) is 10.9. The van der Waals surface area contributed by atoms with E-state index in [9.17, 15) is 4.79 Å². The van der Waals surface area contributed by atoms with Crippen LogP contribution in [0.3, 0.4) is 0 Å². The van der Waals surface area contributed by atoms with Gasteiger partial charge < -0.3 is 18.9 Å². The minimum atomic E-state index is -0.458. The van der Waals surface area contributed by atoms with Crippen molar-refractivity contribution in [3.63, 3.8) is 0 Å². The molecule has 0 aromatic heterocycles. The van der Waals surface area contributed by atoms with E-state index in [1.165, 1.54) is 0 Å². The first-order valence-electron chi connectivity index (χ1n) is 9.62. The fourth-order valence-electron chi connectivity index (χ4n) is 2.79. The van der Waals surface area contributed by atoms with E-state index in [4.69, 9.17) is 30.5 Å². The zero-order valence-electron chi connectivity index (χ0n) is 18.5. The number of rotatable bonds is 11. The first-order valence-corrected chi connectivity index (χ1v) is 11.0. The monoisotopic (exact) mass is 445 g/mol. The van der Waals surface area contributed by atoms with Crippen LogP contribution in [-0.2, 0) is 9.47 Å². The summed E-state index contributed by atoms with van der Waals surface area (Å²) in [6.07, 6.45) is -0.849. The van der Waals surface area contributed by atoms with Crippen LogP contribution in [0.25, 0.3) is 0 Å². The second-order valence-electron chi connectivity index (χ2n) is 6.33. The van der Waals surface area contributed by atoms with Gasteiger partial charge in [-0.3, -0.25) is 4.79 Å². The molecule has 0 heterocycles. The molecule has 0 saturated carbocycles. The Morgan fingerprint density at radius 3 is 2.27 bits per heavy atom. The van der Waals surface area contributed by atoms with Gasteiger partial charge in [-0.05, 0) is 67.0 Å². The molecular weight excluding hydrogens is 418 g/mol. The van der Waals surface area contributed by atoms with Gasteiger partial charge in [-0.25, -0.2) is 0 Å². The van der Waals surface area contributed by atoms with Gasteiger partial charge in [-0.15, -0.1) is 0 Å². The Morgan fingerprint density at radius 1 is 1.03 bits per heavy atom. The van der Waals surface area contributed by atoms with Gasteiger partial charge in [0.25, 0.3) is 0 Å². The maximum absolute atomic E-state index is 13.0. The van der Waals surface area contributed by atoms with E-state index < -0.39 is 12.6 Å². The van der Waals surface area contributed by atoms with Crippen LogP contribution in [0.4, 0.5) is 0 Å². The van der Waals surface area contributed by atoms with Crippen LogP contribution in [0.5, 0.6) is 11.5 Å². The van der Waals surface area contributed by atoms with Crippen molar-refractivity contribution < 1.29 is 42.6 Å². The van der Waals surface area contributed by atoms with Crippen LogP contribution < -0.4 is 33.6 Å². The Kier molecular flexibility index (Phi) is 12.0. The average Bonchev–Trinajstić information content (AvgIpc) is 2.64. The number of aryl methyl sites for hydroxylation is 1. The van der Waals surface area contributed by atoms with Crippen LogP contribution >= 0.6 is 20.2 Å². The first-order chi connectivity index (χ1) is 13.8. The predicted molar refractivity (Wildman–Crippen MR) is 118 cm³/mol. The maximum atomic E-state index is 13.0. The summed E-state index contributed by atoms with van der Waals surface area (Å²) in [4.78, 5) is 13.0. The van der Waals surface area contributed by atoms with Gasteiger partial charge in [-0.1, -0.05) is 23.7 Å². The van der Waals surface area contributed by atoms with Crippen LogP contribution in [0.2, 0.25) is 5.02 Å². The maximum Gasteiger partial charge on any atom is 1.00 e. The minimum Gasteiger partial charge on any atom is -0.465 e. The summed E-state index contributed by atoms with van der Waals surface area (Å²) < 4.78 is 22.6. The molecule has 0 radical (unpaired) electrons. The van der Waals surface area contributed by atoms with Crippen molar-refractivity contribution in [1.82, 2.24) is 0 Å². The van der Waals surface area contributed by atoms with E-state index in [1.807, 2.05) is 58.9 Å². The molecule has 0 aliphatic carbocycles. The van der Waals surface area contributed by atoms with Gasteiger partial charge in [-0.2, -0.15) is 0 Å². The van der Waals surface area contributed by atoms with E-state index in [0.717, 1.165) is 10.9 Å². The SMILES string of the molecule is CCOC(C)Oc1ccc(PC(=O)c2c(C)cccc2Cl)c(OC(C)OCC)c1.[Li+]. The summed E-state index contributed by atoms with van der Waals surface area (Å²) in [6.45, 7) is 10.4. The van der Waals surface area contributed by atoms with Crippen LogP contribution in [0.1, 0.15) is 43.6 Å². The molecule has 2 aromatic rings. The van der Waals surface area contributed by atoms with Crippen molar-refractivity contribution in [3.05, 3.63) is 52.5 Å². The predicted octanol–water partition coefficient (Wildman–Crippen LogP) is 2.32. The van der Waals surface area contributed by atoms with Crippen LogP contribution in [-0.4, -0.2) is 31.3 Å². The molecule has 0 saturated heterocycles. The third-order valence-corrected chi connectivity index (χ3v) is 5.52. The molecule has 2 rings (SSSR count). The molecule has 0 fully saturated rings. The Bertz CT molecular complexity index is 813. The molecule has 0 aliphatic heterocycles. The number of carbonyl (C=O) groups excluding carboxylic acids is 1. The van der Waals surface area contributed by atoms with Gasteiger partial charge in [0.05, 0.1) is 5.02 Å². The van der Waals surface area contributed by atoms with Crippen molar-refractivity contribution in [2.24, 2.45) is 0 Å². The molecular formula is C22H28ClLiO5P+. The van der Waals surface area contributed by atoms with Crippen LogP contribution in [0.15, 0.2) is 36.4 Å². The zero-order valence-corrected chi connectivity index (χ0v) is 20.2. The molecule has 0 N–H and O–H groups in total. The zero-order chi connectivity index (χ0) is 21.4. The molecule has 8 heteroatoms. The number of hydrogen-bond acceptors (Lipinski definition) is 5. The van der Waals surface area contributed by atoms with Crippen molar-refractivity contribution in [3.8, 4) is 11.5 Å². The third kappa shape index (κ3) is 7.89. The van der Waals surface area contributed by atoms with Gasteiger partial charge in [0.2, 0.25) is 0 Å². The number of halogens is 1. The van der Waals surface area contributed by atoms with Crippen molar-refractivity contribution in [1.29, 1.82) is 0 Å². The van der Waals surface area contributed by atoms with E-state index in [1.54, 1.807) is 12.1 Å². The summed E-state index contributed by atoms with van der Waals surface area (Å²) in [5.41, 5.74) is 1.35. The molecule has 3 atom stereocenters. The van der Waals surface area contributed by atoms with Gasteiger partial charge in [0.15, 0.2) is 18.1 Å².